The van der Waals surface area contributed by atoms with Gasteiger partial charge in [-0.2, -0.15) is 0 Å². The Bertz CT molecular complexity index is 1350. The molecule has 0 aliphatic carbocycles. The number of para-hydroxylation sites is 2. The number of aromatic carboxylic acids is 1. The second-order valence-electron chi connectivity index (χ2n) is 8.52. The zero-order chi connectivity index (χ0) is 23.7. The van der Waals surface area contributed by atoms with Crippen LogP contribution in [0.15, 0.2) is 84.9 Å². The van der Waals surface area contributed by atoms with Crippen LogP contribution in [-0.4, -0.2) is 35.4 Å². The lowest BCUT2D eigenvalue weighted by molar-refractivity contribution is 0.0693. The number of carboxylic acid groups (broad SMARTS) is 1. The van der Waals surface area contributed by atoms with Crippen molar-refractivity contribution in [3.8, 4) is 11.5 Å². The average molecular weight is 491 g/mol. The first-order chi connectivity index (χ1) is 16.5. The third-order valence-corrected chi connectivity index (χ3v) is 6.30. The highest BCUT2D eigenvalue weighted by Crippen LogP contribution is 2.39. The lowest BCUT2D eigenvalue weighted by atomic mass is 9.99. The van der Waals surface area contributed by atoms with Crippen molar-refractivity contribution in [2.45, 2.75) is 19.1 Å². The number of aromatic hydroxyl groups is 1. The van der Waals surface area contributed by atoms with E-state index in [4.69, 9.17) is 4.74 Å². The largest absolute Gasteiger partial charge is 0.507 e. The molecule has 0 radical (unpaired) electrons. The van der Waals surface area contributed by atoms with Crippen molar-refractivity contribution in [3.05, 3.63) is 96.1 Å². The van der Waals surface area contributed by atoms with E-state index in [1.165, 1.54) is 28.5 Å². The average Bonchev–Trinajstić information content (AvgIpc) is 2.86. The zero-order valence-electron chi connectivity index (χ0n) is 19.2. The van der Waals surface area contributed by atoms with Gasteiger partial charge in [0.25, 0.3) is 0 Å². The summed E-state index contributed by atoms with van der Waals surface area (Å²) in [6.45, 7) is 3.30. The van der Waals surface area contributed by atoms with Gasteiger partial charge < -0.3 is 25.2 Å². The van der Waals surface area contributed by atoms with Crippen molar-refractivity contribution >= 4 is 40.5 Å². The fraction of sp³-hybridized carbons (Fsp3) is 0.179. The molecule has 3 N–H and O–H groups in total. The molecule has 1 unspecified atom stereocenters. The van der Waals surface area contributed by atoms with Crippen molar-refractivity contribution in [2.75, 3.05) is 18.0 Å². The Morgan fingerprint density at radius 3 is 2.63 bits per heavy atom. The van der Waals surface area contributed by atoms with Gasteiger partial charge >= 0.3 is 5.97 Å². The molecule has 1 heterocycles. The summed E-state index contributed by atoms with van der Waals surface area (Å²) in [6, 6.07) is 27.2. The fourth-order valence-electron chi connectivity index (χ4n) is 4.56. The lowest BCUT2D eigenvalue weighted by Crippen LogP contribution is -2.44. The minimum atomic E-state index is -1.16. The summed E-state index contributed by atoms with van der Waals surface area (Å²) in [5.74, 6) is -0.675. The number of hydrogen-bond donors (Lipinski definition) is 3. The van der Waals surface area contributed by atoms with Crippen LogP contribution in [0.2, 0.25) is 0 Å². The van der Waals surface area contributed by atoms with Crippen molar-refractivity contribution in [2.24, 2.45) is 0 Å². The number of rotatable bonds is 6. The third-order valence-electron chi connectivity index (χ3n) is 6.30. The Morgan fingerprint density at radius 2 is 1.80 bits per heavy atom. The Kier molecular flexibility index (Phi) is 7.15. The minimum absolute atomic E-state index is 0. The highest BCUT2D eigenvalue weighted by molar-refractivity contribution is 5.92. The van der Waals surface area contributed by atoms with Gasteiger partial charge in [-0.15, -0.1) is 12.4 Å². The summed E-state index contributed by atoms with van der Waals surface area (Å²) in [6.07, 6.45) is -0.158. The predicted octanol–water partition coefficient (Wildman–Crippen LogP) is 5.92. The van der Waals surface area contributed by atoms with Gasteiger partial charge in [-0.05, 0) is 53.6 Å². The number of fused-ring (bicyclic) bond motifs is 2. The van der Waals surface area contributed by atoms with Gasteiger partial charge in [-0.25, -0.2) is 4.79 Å². The monoisotopic (exact) mass is 490 g/mol. The Morgan fingerprint density at radius 1 is 1.06 bits per heavy atom. The van der Waals surface area contributed by atoms with Gasteiger partial charge in [-0.1, -0.05) is 54.6 Å². The smallest absolute Gasteiger partial charge is 0.339 e. The van der Waals surface area contributed by atoms with Gasteiger partial charge in [0.2, 0.25) is 0 Å². The van der Waals surface area contributed by atoms with Gasteiger partial charge in [0.1, 0.15) is 23.2 Å². The summed E-state index contributed by atoms with van der Waals surface area (Å²) >= 11 is 0. The van der Waals surface area contributed by atoms with E-state index >= 15 is 0 Å². The van der Waals surface area contributed by atoms with Crippen LogP contribution in [0.5, 0.6) is 11.5 Å². The summed E-state index contributed by atoms with van der Waals surface area (Å²) < 4.78 is 6.29. The molecule has 35 heavy (non-hydrogen) atoms. The van der Waals surface area contributed by atoms with Crippen molar-refractivity contribution in [1.29, 1.82) is 0 Å². The normalized spacial score (nSPS) is 15.6. The molecular weight excluding hydrogens is 464 g/mol. The SMILES string of the molecule is C[C@@H](NCC1CN(c2ccc(O)c(C(=O)O)c2)c2ccccc2O1)c1cccc2ccccc12.Cl. The fourth-order valence-corrected chi connectivity index (χ4v) is 4.56. The Labute approximate surface area is 210 Å². The number of nitrogens with one attached hydrogen (secondary N) is 1. The maximum absolute atomic E-state index is 11.6. The summed E-state index contributed by atoms with van der Waals surface area (Å²) in [7, 11) is 0. The number of anilines is 2. The van der Waals surface area contributed by atoms with E-state index in [0.717, 1.165) is 11.4 Å². The molecule has 4 aromatic rings. The van der Waals surface area contributed by atoms with Crippen molar-refractivity contribution < 1.29 is 19.7 Å². The molecule has 0 aromatic heterocycles. The number of benzene rings is 4. The van der Waals surface area contributed by atoms with E-state index in [2.05, 4.69) is 48.6 Å². The van der Waals surface area contributed by atoms with E-state index in [-0.39, 0.29) is 35.9 Å². The van der Waals surface area contributed by atoms with E-state index in [9.17, 15) is 15.0 Å². The molecule has 0 saturated heterocycles. The van der Waals surface area contributed by atoms with Crippen LogP contribution >= 0.6 is 12.4 Å². The van der Waals surface area contributed by atoms with Crippen LogP contribution in [0.25, 0.3) is 10.8 Å². The van der Waals surface area contributed by atoms with E-state index in [1.54, 1.807) is 6.07 Å². The molecule has 0 fully saturated rings. The van der Waals surface area contributed by atoms with Crippen LogP contribution < -0.4 is 15.0 Å². The number of phenols is 1. The third kappa shape index (κ3) is 4.90. The number of carbonyl (C=O) groups is 1. The highest BCUT2D eigenvalue weighted by Gasteiger charge is 2.28. The maximum Gasteiger partial charge on any atom is 0.339 e. The van der Waals surface area contributed by atoms with Gasteiger partial charge in [0.05, 0.1) is 12.2 Å². The number of carboxylic acids is 1. The van der Waals surface area contributed by atoms with Crippen molar-refractivity contribution in [1.82, 2.24) is 5.32 Å². The van der Waals surface area contributed by atoms with Gasteiger partial charge in [0, 0.05) is 18.3 Å². The summed E-state index contributed by atoms with van der Waals surface area (Å²) in [4.78, 5) is 13.6. The Hall–Kier alpha value is -3.74. The molecule has 4 aromatic carbocycles. The van der Waals surface area contributed by atoms with Crippen LogP contribution in [0.1, 0.15) is 28.9 Å². The summed E-state index contributed by atoms with van der Waals surface area (Å²) in [5, 5.41) is 25.5. The standard InChI is InChI=1S/C28H26N2O4.ClH/c1-18(22-10-6-8-19-7-2-3-9-23(19)22)29-16-21-17-30(25-11-4-5-12-27(25)34-21)20-13-14-26(31)24(15-20)28(32)33;/h2-15,18,21,29,31H,16-17H2,1H3,(H,32,33);1H/t18-,21?;/m1./s1. The van der Waals surface area contributed by atoms with Crippen LogP contribution in [0, 0.1) is 0 Å². The van der Waals surface area contributed by atoms with Crippen LogP contribution in [-0.2, 0) is 0 Å². The predicted molar refractivity (Wildman–Crippen MR) is 141 cm³/mol. The number of ether oxygens (including phenoxy) is 1. The van der Waals surface area contributed by atoms with E-state index in [0.29, 0.717) is 18.8 Å². The van der Waals surface area contributed by atoms with Gasteiger partial charge in [0.15, 0.2) is 0 Å². The first-order valence-electron chi connectivity index (χ1n) is 11.3. The zero-order valence-corrected chi connectivity index (χ0v) is 20.0. The molecule has 1 aliphatic heterocycles. The molecule has 0 bridgehead atoms. The molecule has 1 aliphatic rings. The number of halogens is 1. The lowest BCUT2D eigenvalue weighted by Gasteiger charge is -2.37. The van der Waals surface area contributed by atoms with Crippen molar-refractivity contribution in [3.63, 3.8) is 0 Å². The molecular formula is C28H27ClN2O4. The molecule has 0 amide bonds. The second kappa shape index (κ2) is 10.3. The quantitative estimate of drug-likeness (QED) is 0.311. The summed E-state index contributed by atoms with van der Waals surface area (Å²) in [5.41, 5.74) is 2.66. The minimum Gasteiger partial charge on any atom is -0.507 e. The molecule has 5 rings (SSSR count). The van der Waals surface area contributed by atoms with Gasteiger partial charge in [-0.3, -0.25) is 0 Å². The Balaban J connectivity index is 0.00000289. The topological polar surface area (TPSA) is 82.0 Å². The first kappa shape index (κ1) is 24.4. The maximum atomic E-state index is 11.6. The van der Waals surface area contributed by atoms with E-state index < -0.39 is 5.97 Å². The first-order valence-corrected chi connectivity index (χ1v) is 11.3. The number of hydrogen-bond acceptors (Lipinski definition) is 5. The molecule has 180 valence electrons. The highest BCUT2D eigenvalue weighted by atomic mass is 35.5. The molecule has 6 nitrogen and oxygen atoms in total. The molecule has 0 saturated carbocycles. The molecule has 0 spiro atoms. The molecule has 2 atom stereocenters. The van der Waals surface area contributed by atoms with E-state index in [1.807, 2.05) is 35.2 Å². The van der Waals surface area contributed by atoms with Crippen LogP contribution in [0.3, 0.4) is 0 Å². The molecule has 7 heteroatoms. The second-order valence-corrected chi connectivity index (χ2v) is 8.52. The number of nitrogens with zero attached hydrogens (tertiary/aromatic N) is 1. The van der Waals surface area contributed by atoms with Crippen LogP contribution in [0.4, 0.5) is 11.4 Å².